The first-order valence-electron chi connectivity index (χ1n) is 6.30. The second kappa shape index (κ2) is 4.70. The molecule has 5 nitrogen and oxygen atoms in total. The molecule has 19 heavy (non-hydrogen) atoms. The summed E-state index contributed by atoms with van der Waals surface area (Å²) in [5.41, 5.74) is 7.54. The first-order valence-corrected chi connectivity index (χ1v) is 7.11. The van der Waals surface area contributed by atoms with E-state index in [1.54, 1.807) is 18.3 Å². The number of hydrogen-bond donors (Lipinski definition) is 1. The number of piperazine rings is 1. The van der Waals surface area contributed by atoms with Gasteiger partial charge in [-0.25, -0.2) is 4.98 Å². The monoisotopic (exact) mass is 276 g/mol. The fourth-order valence-corrected chi connectivity index (χ4v) is 3.34. The van der Waals surface area contributed by atoms with E-state index in [1.165, 1.54) is 0 Å². The van der Waals surface area contributed by atoms with Crippen molar-refractivity contribution in [2.24, 2.45) is 0 Å². The van der Waals surface area contributed by atoms with E-state index in [0.717, 1.165) is 47.2 Å². The fourth-order valence-electron chi connectivity index (χ4n) is 2.28. The van der Waals surface area contributed by atoms with Crippen LogP contribution in [0.1, 0.15) is 6.92 Å². The Hall–Kier alpha value is -1.82. The van der Waals surface area contributed by atoms with E-state index in [0.29, 0.717) is 0 Å². The van der Waals surface area contributed by atoms with Crippen molar-refractivity contribution in [3.63, 3.8) is 0 Å². The molecule has 0 unspecified atom stereocenters. The van der Waals surface area contributed by atoms with Crippen LogP contribution in [-0.4, -0.2) is 42.0 Å². The zero-order valence-electron chi connectivity index (χ0n) is 10.8. The third-order valence-electron chi connectivity index (χ3n) is 3.40. The van der Waals surface area contributed by atoms with E-state index >= 15 is 0 Å². The van der Waals surface area contributed by atoms with Gasteiger partial charge in [0, 0.05) is 38.8 Å². The highest BCUT2D eigenvalue weighted by atomic mass is 32.1. The fraction of sp³-hybridized carbons (Fsp3) is 0.385. The SMILES string of the molecule is CC(=O)N1CCN(c2nc3ccc(N)cc3s2)CC1. The van der Waals surface area contributed by atoms with Crippen molar-refractivity contribution in [2.45, 2.75) is 6.92 Å². The number of carbonyl (C=O) groups is 1. The molecule has 0 bridgehead atoms. The minimum atomic E-state index is 0.150. The van der Waals surface area contributed by atoms with E-state index in [2.05, 4.69) is 9.88 Å². The number of carbonyl (C=O) groups excluding carboxylic acids is 1. The maximum absolute atomic E-state index is 11.3. The first-order chi connectivity index (χ1) is 9.13. The van der Waals surface area contributed by atoms with Crippen molar-refractivity contribution in [1.29, 1.82) is 0 Å². The number of nitrogen functional groups attached to an aromatic ring is 1. The highest BCUT2D eigenvalue weighted by molar-refractivity contribution is 7.22. The molecule has 1 saturated heterocycles. The van der Waals surface area contributed by atoms with Crippen molar-refractivity contribution in [3.8, 4) is 0 Å². The van der Waals surface area contributed by atoms with Gasteiger partial charge < -0.3 is 15.5 Å². The Balaban J connectivity index is 1.80. The van der Waals surface area contributed by atoms with E-state index in [-0.39, 0.29) is 5.91 Å². The molecule has 1 aromatic heterocycles. The van der Waals surface area contributed by atoms with Gasteiger partial charge in [-0.05, 0) is 18.2 Å². The molecule has 2 heterocycles. The van der Waals surface area contributed by atoms with E-state index in [9.17, 15) is 4.79 Å². The lowest BCUT2D eigenvalue weighted by atomic mass is 10.3. The van der Waals surface area contributed by atoms with Crippen LogP contribution >= 0.6 is 11.3 Å². The maximum atomic E-state index is 11.3. The molecule has 0 radical (unpaired) electrons. The number of rotatable bonds is 1. The normalized spacial score (nSPS) is 16.1. The predicted octanol–water partition coefficient (Wildman–Crippen LogP) is 1.55. The topological polar surface area (TPSA) is 62.5 Å². The third kappa shape index (κ3) is 2.35. The average molecular weight is 276 g/mol. The van der Waals surface area contributed by atoms with Crippen LogP contribution in [0, 0.1) is 0 Å². The van der Waals surface area contributed by atoms with Crippen LogP contribution in [0.5, 0.6) is 0 Å². The van der Waals surface area contributed by atoms with Crippen molar-refractivity contribution in [2.75, 3.05) is 36.8 Å². The van der Waals surface area contributed by atoms with E-state index in [4.69, 9.17) is 5.73 Å². The number of aromatic nitrogens is 1. The summed E-state index contributed by atoms with van der Waals surface area (Å²) in [6.07, 6.45) is 0. The smallest absolute Gasteiger partial charge is 0.219 e. The van der Waals surface area contributed by atoms with Crippen LogP contribution in [0.15, 0.2) is 18.2 Å². The van der Waals surface area contributed by atoms with Gasteiger partial charge >= 0.3 is 0 Å². The number of amides is 1. The standard InChI is InChI=1S/C13H16N4OS/c1-9(18)16-4-6-17(7-5-16)13-15-11-3-2-10(14)8-12(11)19-13/h2-3,8H,4-7,14H2,1H3. The lowest BCUT2D eigenvalue weighted by molar-refractivity contribution is -0.129. The minimum absolute atomic E-state index is 0.150. The van der Waals surface area contributed by atoms with E-state index < -0.39 is 0 Å². The van der Waals surface area contributed by atoms with Gasteiger partial charge in [-0.1, -0.05) is 11.3 Å². The third-order valence-corrected chi connectivity index (χ3v) is 4.48. The Labute approximate surface area is 115 Å². The van der Waals surface area contributed by atoms with Gasteiger partial charge in [0.2, 0.25) is 5.91 Å². The average Bonchev–Trinajstić information content (AvgIpc) is 2.81. The number of thiazole rings is 1. The van der Waals surface area contributed by atoms with Gasteiger partial charge in [0.05, 0.1) is 10.2 Å². The first kappa shape index (κ1) is 12.2. The molecule has 1 aliphatic heterocycles. The van der Waals surface area contributed by atoms with Crippen molar-refractivity contribution >= 4 is 38.3 Å². The lowest BCUT2D eigenvalue weighted by Crippen LogP contribution is -2.48. The van der Waals surface area contributed by atoms with Crippen molar-refractivity contribution < 1.29 is 4.79 Å². The van der Waals surface area contributed by atoms with Gasteiger partial charge in [-0.2, -0.15) is 0 Å². The Morgan fingerprint density at radius 3 is 2.74 bits per heavy atom. The molecule has 2 aromatic rings. The highest BCUT2D eigenvalue weighted by Gasteiger charge is 2.20. The zero-order valence-corrected chi connectivity index (χ0v) is 11.6. The molecule has 0 aliphatic carbocycles. The summed E-state index contributed by atoms with van der Waals surface area (Å²) >= 11 is 1.66. The molecule has 0 saturated carbocycles. The van der Waals surface area contributed by atoms with Gasteiger partial charge in [-0.3, -0.25) is 4.79 Å². The van der Waals surface area contributed by atoms with Crippen LogP contribution in [0.2, 0.25) is 0 Å². The molecule has 6 heteroatoms. The van der Waals surface area contributed by atoms with Gasteiger partial charge in [0.15, 0.2) is 5.13 Å². The maximum Gasteiger partial charge on any atom is 0.219 e. The van der Waals surface area contributed by atoms with Crippen LogP contribution in [-0.2, 0) is 4.79 Å². The van der Waals surface area contributed by atoms with Gasteiger partial charge in [0.1, 0.15) is 0 Å². The Kier molecular flexibility index (Phi) is 3.02. The number of benzene rings is 1. The summed E-state index contributed by atoms with van der Waals surface area (Å²) in [4.78, 5) is 20.0. The van der Waals surface area contributed by atoms with Crippen molar-refractivity contribution in [1.82, 2.24) is 9.88 Å². The minimum Gasteiger partial charge on any atom is -0.399 e. The number of anilines is 2. The summed E-state index contributed by atoms with van der Waals surface area (Å²) < 4.78 is 1.11. The van der Waals surface area contributed by atoms with Crippen molar-refractivity contribution in [3.05, 3.63) is 18.2 Å². The van der Waals surface area contributed by atoms with Crippen LogP contribution < -0.4 is 10.6 Å². The quantitative estimate of drug-likeness (QED) is 0.803. The Morgan fingerprint density at radius 2 is 2.05 bits per heavy atom. The molecule has 1 aromatic carbocycles. The van der Waals surface area contributed by atoms with Gasteiger partial charge in [0.25, 0.3) is 0 Å². The Bertz CT molecular complexity index is 616. The molecule has 0 spiro atoms. The Morgan fingerprint density at radius 1 is 1.32 bits per heavy atom. The molecule has 0 atom stereocenters. The van der Waals surface area contributed by atoms with Crippen LogP contribution in [0.25, 0.3) is 10.2 Å². The number of hydrogen-bond acceptors (Lipinski definition) is 5. The van der Waals surface area contributed by atoms with Crippen LogP contribution in [0.3, 0.4) is 0 Å². The molecule has 3 rings (SSSR count). The summed E-state index contributed by atoms with van der Waals surface area (Å²) in [6.45, 7) is 4.85. The van der Waals surface area contributed by atoms with Gasteiger partial charge in [-0.15, -0.1) is 0 Å². The highest BCUT2D eigenvalue weighted by Crippen LogP contribution is 2.30. The molecular formula is C13H16N4OS. The molecule has 1 fully saturated rings. The number of nitrogens with two attached hydrogens (primary N) is 1. The predicted molar refractivity (Wildman–Crippen MR) is 78.5 cm³/mol. The largest absolute Gasteiger partial charge is 0.399 e. The summed E-state index contributed by atoms with van der Waals surface area (Å²) in [7, 11) is 0. The molecule has 100 valence electrons. The molecule has 1 amide bonds. The molecular weight excluding hydrogens is 260 g/mol. The van der Waals surface area contributed by atoms with E-state index in [1.807, 2.05) is 23.1 Å². The summed E-state index contributed by atoms with van der Waals surface area (Å²) in [5, 5.41) is 1.02. The number of nitrogens with zero attached hydrogens (tertiary/aromatic N) is 3. The lowest BCUT2D eigenvalue weighted by Gasteiger charge is -2.33. The molecule has 2 N–H and O–H groups in total. The second-order valence-corrected chi connectivity index (χ2v) is 5.73. The summed E-state index contributed by atoms with van der Waals surface area (Å²) in [6, 6.07) is 5.79. The number of fused-ring (bicyclic) bond motifs is 1. The zero-order chi connectivity index (χ0) is 13.4. The van der Waals surface area contributed by atoms with Crippen LogP contribution in [0.4, 0.5) is 10.8 Å². The second-order valence-electron chi connectivity index (χ2n) is 4.72. The molecule has 1 aliphatic rings. The summed E-state index contributed by atoms with van der Waals surface area (Å²) in [5.74, 6) is 0.150.